The van der Waals surface area contributed by atoms with Gasteiger partial charge in [-0.1, -0.05) is 0 Å². The van der Waals surface area contributed by atoms with Crippen molar-refractivity contribution in [2.24, 2.45) is 0 Å². The van der Waals surface area contributed by atoms with Crippen molar-refractivity contribution in [1.29, 1.82) is 0 Å². The first-order valence-corrected chi connectivity index (χ1v) is 6.98. The first kappa shape index (κ1) is 11.7. The van der Waals surface area contributed by atoms with Gasteiger partial charge >= 0.3 is 0 Å². The number of rotatable bonds is 3. The Hall–Kier alpha value is -2.35. The Bertz CT molecular complexity index is 737. The molecule has 0 saturated heterocycles. The summed E-state index contributed by atoms with van der Waals surface area (Å²) in [6.07, 6.45) is 1.64. The van der Waals surface area contributed by atoms with Gasteiger partial charge in [0.2, 0.25) is 5.91 Å². The fourth-order valence-corrected chi connectivity index (χ4v) is 2.95. The molecule has 98 valence electrons. The Kier molecular flexibility index (Phi) is 2.53. The lowest BCUT2D eigenvalue weighted by Gasteiger charge is -2.07. The molecule has 0 unspecified atom stereocenters. The second-order valence-corrected chi connectivity index (χ2v) is 5.80. The number of carbonyl (C=O) groups is 1. The van der Waals surface area contributed by atoms with Crippen LogP contribution in [0.2, 0.25) is 0 Å². The van der Waals surface area contributed by atoms with Crippen LogP contribution in [0, 0.1) is 0 Å². The van der Waals surface area contributed by atoms with Crippen molar-refractivity contribution in [2.75, 3.05) is 10.0 Å². The molecule has 8 heteroatoms. The van der Waals surface area contributed by atoms with E-state index in [1.165, 1.54) is 24.4 Å². The summed E-state index contributed by atoms with van der Waals surface area (Å²) in [5.74, 6) is 0.153. The van der Waals surface area contributed by atoms with E-state index in [-0.39, 0.29) is 23.0 Å². The molecule has 0 bridgehead atoms. The highest BCUT2D eigenvalue weighted by atomic mass is 32.2. The number of benzene rings is 1. The molecule has 3 rings (SSSR count). The number of carbonyl (C=O) groups excluding carboxylic acids is 1. The molecule has 1 aromatic heterocycles. The van der Waals surface area contributed by atoms with Crippen LogP contribution in [0.3, 0.4) is 0 Å². The Morgan fingerprint density at radius 3 is 2.84 bits per heavy atom. The number of amides is 1. The molecule has 0 spiro atoms. The maximum absolute atomic E-state index is 12.1. The van der Waals surface area contributed by atoms with Gasteiger partial charge in [-0.25, -0.2) is 8.42 Å². The number of hydrogen-bond acceptors (Lipinski definition) is 4. The fourth-order valence-electron chi connectivity index (χ4n) is 1.89. The lowest BCUT2D eigenvalue weighted by Crippen LogP contribution is -2.13. The van der Waals surface area contributed by atoms with E-state index in [9.17, 15) is 13.2 Å². The minimum Gasteiger partial charge on any atom is -0.326 e. The lowest BCUT2D eigenvalue weighted by molar-refractivity contribution is -0.115. The van der Waals surface area contributed by atoms with Gasteiger partial charge in [0.25, 0.3) is 10.0 Å². The zero-order valence-electron chi connectivity index (χ0n) is 9.67. The third-order valence-corrected chi connectivity index (χ3v) is 4.12. The van der Waals surface area contributed by atoms with Gasteiger partial charge in [0.1, 0.15) is 5.82 Å². The molecule has 1 aliphatic heterocycles. The van der Waals surface area contributed by atoms with Gasteiger partial charge in [0.05, 0.1) is 17.5 Å². The molecule has 2 aromatic rings. The van der Waals surface area contributed by atoms with Crippen LogP contribution < -0.4 is 10.0 Å². The van der Waals surface area contributed by atoms with Crippen molar-refractivity contribution in [3.8, 4) is 0 Å². The third-order valence-electron chi connectivity index (χ3n) is 2.76. The number of aromatic nitrogens is 2. The van der Waals surface area contributed by atoms with Gasteiger partial charge < -0.3 is 5.32 Å². The number of fused-ring (bicyclic) bond motifs is 1. The van der Waals surface area contributed by atoms with E-state index in [0.717, 1.165) is 0 Å². The van der Waals surface area contributed by atoms with E-state index in [2.05, 4.69) is 20.2 Å². The summed E-state index contributed by atoms with van der Waals surface area (Å²) in [6.45, 7) is 0. The normalized spacial score (nSPS) is 14.0. The number of anilines is 2. The molecule has 0 saturated carbocycles. The summed E-state index contributed by atoms with van der Waals surface area (Å²) in [4.78, 5) is 11.3. The summed E-state index contributed by atoms with van der Waals surface area (Å²) in [7, 11) is -3.68. The average Bonchev–Trinajstić information content (AvgIpc) is 2.95. The summed E-state index contributed by atoms with van der Waals surface area (Å²) in [6, 6.07) is 6.03. The highest BCUT2D eigenvalue weighted by Crippen LogP contribution is 2.26. The van der Waals surface area contributed by atoms with Gasteiger partial charge in [-0.3, -0.25) is 14.6 Å². The molecule has 19 heavy (non-hydrogen) atoms. The van der Waals surface area contributed by atoms with Crippen molar-refractivity contribution in [3.63, 3.8) is 0 Å². The monoisotopic (exact) mass is 278 g/mol. The van der Waals surface area contributed by atoms with Gasteiger partial charge in [-0.05, 0) is 23.8 Å². The van der Waals surface area contributed by atoms with Crippen molar-refractivity contribution in [3.05, 3.63) is 36.0 Å². The highest BCUT2D eigenvalue weighted by molar-refractivity contribution is 7.92. The summed E-state index contributed by atoms with van der Waals surface area (Å²) in [5.41, 5.74) is 1.34. The summed E-state index contributed by atoms with van der Waals surface area (Å²) in [5, 5.41) is 8.83. The summed E-state index contributed by atoms with van der Waals surface area (Å²) >= 11 is 0. The first-order chi connectivity index (χ1) is 9.04. The van der Waals surface area contributed by atoms with Gasteiger partial charge in [0, 0.05) is 11.8 Å². The van der Waals surface area contributed by atoms with Crippen LogP contribution in [0.1, 0.15) is 5.56 Å². The van der Waals surface area contributed by atoms with Crippen molar-refractivity contribution in [2.45, 2.75) is 11.3 Å². The number of sulfonamides is 1. The van der Waals surface area contributed by atoms with Crippen molar-refractivity contribution >= 4 is 27.4 Å². The third kappa shape index (κ3) is 2.17. The van der Waals surface area contributed by atoms with E-state index >= 15 is 0 Å². The first-order valence-electron chi connectivity index (χ1n) is 5.49. The number of nitrogens with one attached hydrogen (secondary N) is 3. The van der Waals surface area contributed by atoms with Crippen LogP contribution in [0.15, 0.2) is 35.4 Å². The number of nitrogens with zero attached hydrogens (tertiary/aromatic N) is 1. The van der Waals surface area contributed by atoms with Crippen LogP contribution in [-0.2, 0) is 21.2 Å². The molecule has 1 amide bonds. The largest absolute Gasteiger partial charge is 0.326 e. The molecule has 0 aliphatic carbocycles. The van der Waals surface area contributed by atoms with Crippen molar-refractivity contribution in [1.82, 2.24) is 10.2 Å². The number of H-pyrrole nitrogens is 1. The molecule has 2 heterocycles. The van der Waals surface area contributed by atoms with E-state index in [4.69, 9.17) is 0 Å². The second-order valence-electron chi connectivity index (χ2n) is 4.12. The quantitative estimate of drug-likeness (QED) is 0.769. The molecule has 3 N–H and O–H groups in total. The molecule has 0 atom stereocenters. The number of aromatic amines is 1. The molecular weight excluding hydrogens is 268 g/mol. The lowest BCUT2D eigenvalue weighted by atomic mass is 10.2. The zero-order chi connectivity index (χ0) is 13.5. The Labute approximate surface area is 109 Å². The van der Waals surface area contributed by atoms with Crippen LogP contribution in [0.4, 0.5) is 11.5 Å². The van der Waals surface area contributed by atoms with Gasteiger partial charge in [-0.2, -0.15) is 5.10 Å². The summed E-state index contributed by atoms with van der Waals surface area (Å²) < 4.78 is 26.6. The SMILES string of the molecule is O=C1Cc2cc(S(=O)(=O)Nc3ccn[nH]3)ccc2N1. The predicted molar refractivity (Wildman–Crippen MR) is 68.2 cm³/mol. The van der Waals surface area contributed by atoms with E-state index < -0.39 is 10.0 Å². The number of hydrogen-bond donors (Lipinski definition) is 3. The van der Waals surface area contributed by atoms with Gasteiger partial charge in [-0.15, -0.1) is 0 Å². The fraction of sp³-hybridized carbons (Fsp3) is 0.0909. The molecular formula is C11H10N4O3S. The standard InChI is InChI=1S/C11H10N4O3S/c16-11-6-7-5-8(1-2-9(7)13-11)19(17,18)15-10-3-4-12-14-10/h1-5H,6H2,(H,13,16)(H2,12,14,15). The highest BCUT2D eigenvalue weighted by Gasteiger charge is 2.22. The van der Waals surface area contributed by atoms with E-state index in [0.29, 0.717) is 11.3 Å². The molecule has 0 radical (unpaired) electrons. The maximum Gasteiger partial charge on any atom is 0.263 e. The van der Waals surface area contributed by atoms with Gasteiger partial charge in [0.15, 0.2) is 0 Å². The van der Waals surface area contributed by atoms with Crippen LogP contribution in [-0.4, -0.2) is 24.5 Å². The second kappa shape index (κ2) is 4.09. The average molecular weight is 278 g/mol. The van der Waals surface area contributed by atoms with Crippen LogP contribution >= 0.6 is 0 Å². The van der Waals surface area contributed by atoms with Crippen LogP contribution in [0.25, 0.3) is 0 Å². The molecule has 1 aromatic carbocycles. The van der Waals surface area contributed by atoms with Crippen LogP contribution in [0.5, 0.6) is 0 Å². The Balaban J connectivity index is 1.94. The predicted octanol–water partition coefficient (Wildman–Crippen LogP) is 0.705. The smallest absolute Gasteiger partial charge is 0.263 e. The topological polar surface area (TPSA) is 104 Å². The zero-order valence-corrected chi connectivity index (χ0v) is 10.5. The Morgan fingerprint density at radius 1 is 1.26 bits per heavy atom. The molecule has 1 aliphatic rings. The molecule has 7 nitrogen and oxygen atoms in total. The molecule has 0 fully saturated rings. The van der Waals surface area contributed by atoms with E-state index in [1.54, 1.807) is 6.07 Å². The maximum atomic E-state index is 12.1. The van der Waals surface area contributed by atoms with E-state index in [1.807, 2.05) is 0 Å². The minimum absolute atomic E-state index is 0.109. The minimum atomic E-state index is -3.68. The van der Waals surface area contributed by atoms with Crippen molar-refractivity contribution < 1.29 is 13.2 Å². The Morgan fingerprint density at radius 2 is 2.11 bits per heavy atom.